The van der Waals surface area contributed by atoms with Crippen LogP contribution >= 0.6 is 0 Å². The summed E-state index contributed by atoms with van der Waals surface area (Å²) in [6, 6.07) is 5.43. The van der Waals surface area contributed by atoms with Crippen molar-refractivity contribution in [2.75, 3.05) is 19.6 Å². The van der Waals surface area contributed by atoms with E-state index in [1.54, 1.807) is 23.0 Å². The number of amides is 2. The Kier molecular flexibility index (Phi) is 4.59. The van der Waals surface area contributed by atoms with Gasteiger partial charge in [0, 0.05) is 38.3 Å². The zero-order valence-electron chi connectivity index (χ0n) is 14.4. The number of aryl methyl sites for hydroxylation is 1. The van der Waals surface area contributed by atoms with Crippen LogP contribution < -0.4 is 0 Å². The molecule has 9 nitrogen and oxygen atoms in total. The number of fused-ring (bicyclic) bond motifs is 4. The van der Waals surface area contributed by atoms with Gasteiger partial charge in [0.1, 0.15) is 12.0 Å². The number of hydrogen-bond donors (Lipinski definition) is 0. The number of tetrazole rings is 1. The molecule has 2 amide bonds. The Labute approximate surface area is 151 Å². The smallest absolute Gasteiger partial charge is 0.272 e. The van der Waals surface area contributed by atoms with E-state index in [0.29, 0.717) is 44.2 Å². The molecule has 0 saturated carbocycles. The predicted octanol–water partition coefficient (Wildman–Crippen LogP) is 0.221. The first-order valence-corrected chi connectivity index (χ1v) is 8.91. The van der Waals surface area contributed by atoms with E-state index < -0.39 is 0 Å². The Hall–Kier alpha value is -2.84. The fourth-order valence-corrected chi connectivity index (χ4v) is 3.84. The monoisotopic (exact) mass is 355 g/mol. The predicted molar refractivity (Wildman–Crippen MR) is 90.8 cm³/mol. The van der Waals surface area contributed by atoms with Crippen molar-refractivity contribution in [2.24, 2.45) is 5.92 Å². The average molecular weight is 355 g/mol. The molecule has 2 aromatic rings. The Morgan fingerprint density at radius 1 is 1.15 bits per heavy atom. The highest BCUT2D eigenvalue weighted by atomic mass is 16.2. The highest BCUT2D eigenvalue weighted by Crippen LogP contribution is 2.29. The quantitative estimate of drug-likeness (QED) is 0.778. The van der Waals surface area contributed by atoms with Gasteiger partial charge in [-0.25, -0.2) is 4.68 Å². The number of pyridine rings is 1. The van der Waals surface area contributed by atoms with Crippen molar-refractivity contribution in [1.82, 2.24) is 35.0 Å². The number of carbonyl (C=O) groups is 2. The molecular weight excluding hydrogens is 334 g/mol. The highest BCUT2D eigenvalue weighted by Gasteiger charge is 2.38. The molecule has 2 bridgehead atoms. The van der Waals surface area contributed by atoms with Gasteiger partial charge in [0.15, 0.2) is 0 Å². The van der Waals surface area contributed by atoms with Crippen LogP contribution in [0.4, 0.5) is 0 Å². The van der Waals surface area contributed by atoms with Gasteiger partial charge in [-0.1, -0.05) is 6.07 Å². The van der Waals surface area contributed by atoms with Gasteiger partial charge >= 0.3 is 0 Å². The highest BCUT2D eigenvalue weighted by molar-refractivity contribution is 5.92. The third-order valence-electron chi connectivity index (χ3n) is 5.15. The molecule has 0 spiro atoms. The molecule has 3 aliphatic rings. The molecule has 0 aliphatic carbocycles. The molecule has 2 aromatic heterocycles. The maximum atomic E-state index is 12.8. The maximum Gasteiger partial charge on any atom is 0.272 e. The van der Waals surface area contributed by atoms with Gasteiger partial charge in [-0.3, -0.25) is 14.6 Å². The molecule has 3 saturated heterocycles. The molecule has 0 aromatic carbocycles. The van der Waals surface area contributed by atoms with Crippen LogP contribution in [-0.2, 0) is 11.3 Å². The summed E-state index contributed by atoms with van der Waals surface area (Å²) >= 11 is 0. The van der Waals surface area contributed by atoms with Crippen LogP contribution in [0.1, 0.15) is 29.8 Å². The van der Waals surface area contributed by atoms with Gasteiger partial charge in [-0.05, 0) is 41.3 Å². The fraction of sp³-hybridized carbons (Fsp3) is 0.529. The van der Waals surface area contributed by atoms with Crippen LogP contribution in [0.25, 0.3) is 0 Å². The molecule has 136 valence electrons. The van der Waals surface area contributed by atoms with Gasteiger partial charge in [0.05, 0.1) is 6.54 Å². The maximum absolute atomic E-state index is 12.8. The Balaban J connectivity index is 1.43. The summed E-state index contributed by atoms with van der Waals surface area (Å²) < 4.78 is 1.56. The summed E-state index contributed by atoms with van der Waals surface area (Å²) in [6.45, 7) is 2.44. The lowest BCUT2D eigenvalue weighted by Gasteiger charge is -2.36. The van der Waals surface area contributed by atoms with Crippen molar-refractivity contribution in [3.05, 3.63) is 36.4 Å². The van der Waals surface area contributed by atoms with E-state index in [1.807, 2.05) is 15.9 Å². The van der Waals surface area contributed by atoms with E-state index in [2.05, 4.69) is 20.5 Å². The topological polar surface area (TPSA) is 97.1 Å². The minimum absolute atomic E-state index is 0.0505. The zero-order chi connectivity index (χ0) is 17.9. The van der Waals surface area contributed by atoms with Gasteiger partial charge in [-0.2, -0.15) is 0 Å². The third-order valence-corrected chi connectivity index (χ3v) is 5.15. The Morgan fingerprint density at radius 3 is 2.85 bits per heavy atom. The molecule has 5 heterocycles. The molecule has 2 atom stereocenters. The van der Waals surface area contributed by atoms with Gasteiger partial charge < -0.3 is 9.80 Å². The number of hydrogen-bond acceptors (Lipinski definition) is 6. The van der Waals surface area contributed by atoms with Gasteiger partial charge in [0.25, 0.3) is 5.91 Å². The van der Waals surface area contributed by atoms with Crippen molar-refractivity contribution in [1.29, 1.82) is 0 Å². The SMILES string of the molecule is O=C(c1ccccn1)N1C[C@@H]2CC[C@H](C1)N(C(=O)CCn1cnnn1)C2. The van der Waals surface area contributed by atoms with Crippen molar-refractivity contribution in [2.45, 2.75) is 31.8 Å². The van der Waals surface area contributed by atoms with Gasteiger partial charge in [0.2, 0.25) is 5.91 Å². The summed E-state index contributed by atoms with van der Waals surface area (Å²) in [6.07, 6.45) is 5.49. The van der Waals surface area contributed by atoms with Crippen molar-refractivity contribution in [3.63, 3.8) is 0 Å². The molecule has 0 radical (unpaired) electrons. The zero-order valence-corrected chi connectivity index (χ0v) is 14.4. The molecule has 5 rings (SSSR count). The fourth-order valence-electron chi connectivity index (χ4n) is 3.84. The Bertz CT molecular complexity index is 765. The van der Waals surface area contributed by atoms with E-state index in [9.17, 15) is 9.59 Å². The van der Waals surface area contributed by atoms with Crippen molar-refractivity contribution in [3.8, 4) is 0 Å². The first-order valence-electron chi connectivity index (χ1n) is 8.91. The van der Waals surface area contributed by atoms with E-state index in [1.165, 1.54) is 6.33 Å². The number of nitrogens with zero attached hydrogens (tertiary/aromatic N) is 7. The number of carbonyl (C=O) groups excluding carboxylic acids is 2. The molecule has 9 heteroatoms. The van der Waals surface area contributed by atoms with Crippen LogP contribution in [0.15, 0.2) is 30.7 Å². The van der Waals surface area contributed by atoms with Crippen LogP contribution in [0, 0.1) is 5.92 Å². The number of aromatic nitrogens is 5. The second-order valence-corrected chi connectivity index (χ2v) is 6.89. The van der Waals surface area contributed by atoms with Crippen LogP contribution in [0.5, 0.6) is 0 Å². The van der Waals surface area contributed by atoms with E-state index >= 15 is 0 Å². The lowest BCUT2D eigenvalue weighted by atomic mass is 9.94. The molecule has 0 unspecified atom stereocenters. The molecular formula is C17H21N7O2. The van der Waals surface area contributed by atoms with Crippen LogP contribution in [0.3, 0.4) is 0 Å². The standard InChI is InChI=1S/C17H21N7O2/c25-16(6-8-23-12-19-20-21-23)24-10-13-4-5-14(24)11-22(9-13)17(26)15-3-1-2-7-18-15/h1-3,7,12-14H,4-6,8-11H2/t13-,14+/m0/s1. The average Bonchev–Trinajstić information content (AvgIpc) is 3.04. The summed E-state index contributed by atoms with van der Waals surface area (Å²) in [4.78, 5) is 33.5. The lowest BCUT2D eigenvalue weighted by Crippen LogP contribution is -2.48. The second kappa shape index (κ2) is 7.19. The molecule has 3 fully saturated rings. The van der Waals surface area contributed by atoms with Crippen LogP contribution in [0.2, 0.25) is 0 Å². The largest absolute Gasteiger partial charge is 0.338 e. The number of rotatable bonds is 4. The van der Waals surface area contributed by atoms with E-state index in [-0.39, 0.29) is 17.9 Å². The van der Waals surface area contributed by atoms with Crippen LogP contribution in [-0.4, -0.2) is 72.5 Å². The summed E-state index contributed by atoms with van der Waals surface area (Å²) in [5.41, 5.74) is 0.463. The minimum atomic E-state index is -0.0505. The summed E-state index contributed by atoms with van der Waals surface area (Å²) in [5, 5.41) is 11.0. The lowest BCUT2D eigenvalue weighted by molar-refractivity contribution is -0.135. The van der Waals surface area contributed by atoms with Crippen molar-refractivity contribution >= 4 is 11.8 Å². The third kappa shape index (κ3) is 3.42. The van der Waals surface area contributed by atoms with E-state index in [4.69, 9.17) is 0 Å². The Morgan fingerprint density at radius 2 is 2.08 bits per heavy atom. The summed E-state index contributed by atoms with van der Waals surface area (Å²) in [7, 11) is 0. The normalized spacial score (nSPS) is 22.3. The van der Waals surface area contributed by atoms with Gasteiger partial charge in [-0.15, -0.1) is 5.10 Å². The summed E-state index contributed by atoms with van der Waals surface area (Å²) in [5.74, 6) is 0.367. The second-order valence-electron chi connectivity index (χ2n) is 6.89. The number of piperidine rings is 1. The minimum Gasteiger partial charge on any atom is -0.338 e. The molecule has 3 aliphatic heterocycles. The van der Waals surface area contributed by atoms with Crippen molar-refractivity contribution < 1.29 is 9.59 Å². The van der Waals surface area contributed by atoms with E-state index in [0.717, 1.165) is 12.8 Å². The molecule has 26 heavy (non-hydrogen) atoms. The first kappa shape index (κ1) is 16.6. The first-order chi connectivity index (χ1) is 12.7. The molecule has 0 N–H and O–H groups in total.